The van der Waals surface area contributed by atoms with Crippen LogP contribution in [0.2, 0.25) is 5.02 Å². The second-order valence-electron chi connectivity index (χ2n) is 3.56. The van der Waals surface area contributed by atoms with E-state index in [1.807, 2.05) is 30.2 Å². The second kappa shape index (κ2) is 3.89. The van der Waals surface area contributed by atoms with Crippen molar-refractivity contribution in [1.29, 1.82) is 0 Å². The van der Waals surface area contributed by atoms with Crippen molar-refractivity contribution >= 4 is 35.9 Å². The second-order valence-corrected chi connectivity index (χ2v) is 3.94. The molecule has 1 aromatic carbocycles. The predicted molar refractivity (Wildman–Crippen MR) is 63.6 cm³/mol. The minimum absolute atomic E-state index is 0.345. The number of halogens is 1. The fraction of sp³-hybridized carbons (Fsp3) is 0.200. The first-order valence-electron chi connectivity index (χ1n) is 4.67. The number of fused-ring (bicyclic) bond motifs is 1. The summed E-state index contributed by atoms with van der Waals surface area (Å²) in [4.78, 5) is 1.98. The molecular formula is C10H11BClNO2. The Bertz CT molecular complexity index is 420. The Balaban J connectivity index is 2.60. The highest BCUT2D eigenvalue weighted by Gasteiger charge is 2.21. The Morgan fingerprint density at radius 3 is 2.80 bits per heavy atom. The van der Waals surface area contributed by atoms with Crippen LogP contribution >= 0.6 is 11.6 Å². The van der Waals surface area contributed by atoms with Crippen LogP contribution in [0.3, 0.4) is 0 Å². The van der Waals surface area contributed by atoms with Crippen LogP contribution < -0.4 is 10.4 Å². The van der Waals surface area contributed by atoms with Crippen LogP contribution in [0, 0.1) is 0 Å². The van der Waals surface area contributed by atoms with E-state index in [4.69, 9.17) is 21.6 Å². The normalized spacial score (nSPS) is 14.0. The molecule has 2 N–H and O–H groups in total. The van der Waals surface area contributed by atoms with Crippen molar-refractivity contribution in [1.82, 2.24) is 0 Å². The third-order valence-corrected chi connectivity index (χ3v) is 2.91. The molecule has 0 amide bonds. The van der Waals surface area contributed by atoms with Crippen molar-refractivity contribution < 1.29 is 10.0 Å². The largest absolute Gasteiger partial charge is 0.490 e. The number of nitrogens with zero attached hydrogens (tertiary/aromatic N) is 1. The molecule has 0 unspecified atom stereocenters. The standard InChI is InChI=1S/C10H11BClNO2/c1-13-6-2-3-7-4-5-8(11(14)15)9(12)10(7)13/h2-5,14-15H,6H2,1H3. The summed E-state index contributed by atoms with van der Waals surface area (Å²) < 4.78 is 0. The van der Waals surface area contributed by atoms with Gasteiger partial charge in [0, 0.05) is 19.1 Å². The van der Waals surface area contributed by atoms with Gasteiger partial charge in [-0.3, -0.25) is 0 Å². The molecule has 0 aromatic heterocycles. The zero-order valence-corrected chi connectivity index (χ0v) is 9.07. The Hall–Kier alpha value is -0.965. The maximum absolute atomic E-state index is 9.13. The van der Waals surface area contributed by atoms with Gasteiger partial charge in [0.2, 0.25) is 0 Å². The van der Waals surface area contributed by atoms with Gasteiger partial charge in [-0.2, -0.15) is 0 Å². The van der Waals surface area contributed by atoms with Crippen LogP contribution in [0.1, 0.15) is 5.56 Å². The third kappa shape index (κ3) is 1.76. The van der Waals surface area contributed by atoms with Crippen molar-refractivity contribution in [3.63, 3.8) is 0 Å². The lowest BCUT2D eigenvalue weighted by Gasteiger charge is -2.25. The highest BCUT2D eigenvalue weighted by atomic mass is 35.5. The molecule has 15 heavy (non-hydrogen) atoms. The molecule has 0 fully saturated rings. The molecule has 1 aliphatic heterocycles. The number of anilines is 1. The Labute approximate surface area is 93.7 Å². The van der Waals surface area contributed by atoms with Crippen molar-refractivity contribution in [3.05, 3.63) is 28.8 Å². The van der Waals surface area contributed by atoms with Crippen LogP contribution in [0.25, 0.3) is 6.08 Å². The van der Waals surface area contributed by atoms with Crippen molar-refractivity contribution in [2.24, 2.45) is 0 Å². The molecule has 0 saturated heterocycles. The number of likely N-dealkylation sites (N-methyl/N-ethyl adjacent to an activating group) is 1. The van der Waals surface area contributed by atoms with Gasteiger partial charge in [-0.15, -0.1) is 0 Å². The first-order valence-corrected chi connectivity index (χ1v) is 5.05. The smallest absolute Gasteiger partial charge is 0.423 e. The Morgan fingerprint density at radius 1 is 1.40 bits per heavy atom. The zero-order chi connectivity index (χ0) is 11.0. The molecule has 0 radical (unpaired) electrons. The third-order valence-electron chi connectivity index (χ3n) is 2.51. The van der Waals surface area contributed by atoms with E-state index in [1.54, 1.807) is 6.07 Å². The molecule has 0 bridgehead atoms. The molecule has 2 rings (SSSR count). The SMILES string of the molecule is CN1CC=Cc2ccc(B(O)O)c(Cl)c21. The number of benzene rings is 1. The summed E-state index contributed by atoms with van der Waals surface area (Å²) in [7, 11) is 0.393. The molecule has 1 aromatic rings. The first-order chi connectivity index (χ1) is 7.11. The molecule has 5 heteroatoms. The quantitative estimate of drug-likeness (QED) is 0.681. The van der Waals surface area contributed by atoms with E-state index in [1.165, 1.54) is 0 Å². The van der Waals surface area contributed by atoms with Crippen LogP contribution in [-0.2, 0) is 0 Å². The lowest BCUT2D eigenvalue weighted by atomic mass is 9.79. The molecular weight excluding hydrogens is 212 g/mol. The lowest BCUT2D eigenvalue weighted by Crippen LogP contribution is -2.33. The van der Waals surface area contributed by atoms with E-state index in [0.717, 1.165) is 17.8 Å². The van der Waals surface area contributed by atoms with Crippen LogP contribution in [0.5, 0.6) is 0 Å². The summed E-state index contributed by atoms with van der Waals surface area (Å²) in [5.74, 6) is 0. The first kappa shape index (κ1) is 10.5. The highest BCUT2D eigenvalue weighted by molar-refractivity contribution is 6.63. The minimum Gasteiger partial charge on any atom is -0.423 e. The van der Waals surface area contributed by atoms with Gasteiger partial charge >= 0.3 is 7.12 Å². The van der Waals surface area contributed by atoms with Gasteiger partial charge in [0.25, 0.3) is 0 Å². The van der Waals surface area contributed by atoms with Crippen LogP contribution in [0.15, 0.2) is 18.2 Å². The van der Waals surface area contributed by atoms with Gasteiger partial charge in [0.05, 0.1) is 10.7 Å². The van der Waals surface area contributed by atoms with Crippen molar-refractivity contribution in [3.8, 4) is 0 Å². The van der Waals surface area contributed by atoms with E-state index in [0.29, 0.717) is 10.5 Å². The highest BCUT2D eigenvalue weighted by Crippen LogP contribution is 2.31. The van der Waals surface area contributed by atoms with Gasteiger partial charge in [-0.25, -0.2) is 0 Å². The van der Waals surface area contributed by atoms with E-state index in [9.17, 15) is 0 Å². The molecule has 1 heterocycles. The summed E-state index contributed by atoms with van der Waals surface area (Å²) in [5.41, 5.74) is 2.19. The molecule has 1 aliphatic rings. The summed E-state index contributed by atoms with van der Waals surface area (Å²) in [6.07, 6.45) is 4.02. The van der Waals surface area contributed by atoms with E-state index >= 15 is 0 Å². The Kier molecular flexibility index (Phi) is 2.73. The van der Waals surface area contributed by atoms with Crippen LogP contribution in [0.4, 0.5) is 5.69 Å². The van der Waals surface area contributed by atoms with Crippen LogP contribution in [-0.4, -0.2) is 30.8 Å². The minimum atomic E-state index is -1.53. The number of rotatable bonds is 1. The van der Waals surface area contributed by atoms with Crippen molar-refractivity contribution in [2.45, 2.75) is 0 Å². The fourth-order valence-corrected chi connectivity index (χ4v) is 2.16. The average Bonchev–Trinajstić information content (AvgIpc) is 2.17. The Morgan fingerprint density at radius 2 is 2.13 bits per heavy atom. The number of hydrogen-bond acceptors (Lipinski definition) is 3. The summed E-state index contributed by atoms with van der Waals surface area (Å²) >= 11 is 6.12. The summed E-state index contributed by atoms with van der Waals surface area (Å²) in [5, 5.41) is 18.7. The van der Waals surface area contributed by atoms with E-state index < -0.39 is 7.12 Å². The summed E-state index contributed by atoms with van der Waals surface area (Å²) in [6.45, 7) is 0.775. The topological polar surface area (TPSA) is 43.7 Å². The van der Waals surface area contributed by atoms with Gasteiger partial charge in [0.15, 0.2) is 0 Å². The number of hydrogen-bond donors (Lipinski definition) is 2. The van der Waals surface area contributed by atoms with Gasteiger partial charge in [-0.05, 0) is 5.56 Å². The molecule has 0 atom stereocenters. The van der Waals surface area contributed by atoms with Gasteiger partial charge < -0.3 is 14.9 Å². The molecule has 0 aliphatic carbocycles. The molecule has 78 valence electrons. The molecule has 3 nitrogen and oxygen atoms in total. The zero-order valence-electron chi connectivity index (χ0n) is 8.31. The molecule has 0 saturated carbocycles. The maximum atomic E-state index is 9.13. The summed E-state index contributed by atoms with van der Waals surface area (Å²) in [6, 6.07) is 3.47. The van der Waals surface area contributed by atoms with Gasteiger partial charge in [0.1, 0.15) is 0 Å². The fourth-order valence-electron chi connectivity index (χ4n) is 1.75. The molecule has 0 spiro atoms. The van der Waals surface area contributed by atoms with E-state index in [-0.39, 0.29) is 0 Å². The van der Waals surface area contributed by atoms with E-state index in [2.05, 4.69) is 0 Å². The average molecular weight is 223 g/mol. The predicted octanol–water partition coefficient (Wildman–Crippen LogP) is 0.483. The lowest BCUT2D eigenvalue weighted by molar-refractivity contribution is 0.426. The maximum Gasteiger partial charge on any atom is 0.490 e. The van der Waals surface area contributed by atoms with Gasteiger partial charge in [-0.1, -0.05) is 35.9 Å². The monoisotopic (exact) mass is 223 g/mol. The van der Waals surface area contributed by atoms with Crippen molar-refractivity contribution in [2.75, 3.05) is 18.5 Å².